The molecular formula is C15H23N3O3. The number of nitrogens with zero attached hydrogens (tertiary/aromatic N) is 1. The molecular weight excluding hydrogens is 270 g/mol. The molecule has 0 atom stereocenters. The summed E-state index contributed by atoms with van der Waals surface area (Å²) in [6.45, 7) is 1.62. The highest BCUT2D eigenvalue weighted by molar-refractivity contribution is 5.84. The van der Waals surface area contributed by atoms with Crippen molar-refractivity contribution >= 4 is 11.8 Å². The Bertz CT molecular complexity index is 435. The first-order valence-electron chi connectivity index (χ1n) is 6.94. The third-order valence-corrected chi connectivity index (χ3v) is 2.67. The maximum absolute atomic E-state index is 11.5. The van der Waals surface area contributed by atoms with E-state index in [0.717, 1.165) is 12.3 Å². The monoisotopic (exact) mass is 293 g/mol. The Morgan fingerprint density at radius 3 is 2.48 bits per heavy atom. The maximum atomic E-state index is 11.5. The van der Waals surface area contributed by atoms with Crippen LogP contribution in [0, 0.1) is 0 Å². The van der Waals surface area contributed by atoms with E-state index >= 15 is 0 Å². The zero-order chi connectivity index (χ0) is 15.5. The predicted molar refractivity (Wildman–Crippen MR) is 81.1 cm³/mol. The lowest BCUT2D eigenvalue weighted by Gasteiger charge is -2.11. The Morgan fingerprint density at radius 2 is 1.81 bits per heavy atom. The van der Waals surface area contributed by atoms with Gasteiger partial charge in [-0.1, -0.05) is 18.2 Å². The second-order valence-electron chi connectivity index (χ2n) is 4.84. The number of para-hydroxylation sites is 1. The van der Waals surface area contributed by atoms with Crippen molar-refractivity contribution in [3.8, 4) is 5.75 Å². The van der Waals surface area contributed by atoms with Gasteiger partial charge in [0.05, 0.1) is 19.6 Å². The summed E-state index contributed by atoms with van der Waals surface area (Å²) in [5.74, 6) is 0.342. The zero-order valence-corrected chi connectivity index (χ0v) is 12.6. The highest BCUT2D eigenvalue weighted by Gasteiger charge is 2.05. The molecule has 0 aromatic heterocycles. The molecule has 0 aliphatic carbocycles. The van der Waals surface area contributed by atoms with Gasteiger partial charge in [0.15, 0.2) is 0 Å². The van der Waals surface area contributed by atoms with Gasteiger partial charge in [-0.3, -0.25) is 9.59 Å². The van der Waals surface area contributed by atoms with Crippen LogP contribution in [0.4, 0.5) is 0 Å². The molecule has 0 aliphatic rings. The Balaban J connectivity index is 2.07. The van der Waals surface area contributed by atoms with Gasteiger partial charge in [0, 0.05) is 13.1 Å². The minimum absolute atomic E-state index is 0.00238. The highest BCUT2D eigenvalue weighted by Crippen LogP contribution is 2.08. The first-order valence-corrected chi connectivity index (χ1v) is 6.94. The lowest BCUT2D eigenvalue weighted by molar-refractivity contribution is -0.126. The number of likely N-dealkylation sites (N-methyl/N-ethyl adjacent to an activating group) is 1. The van der Waals surface area contributed by atoms with Gasteiger partial charge in [-0.25, -0.2) is 0 Å². The van der Waals surface area contributed by atoms with Crippen molar-refractivity contribution in [1.29, 1.82) is 0 Å². The topological polar surface area (TPSA) is 70.7 Å². The van der Waals surface area contributed by atoms with Crippen LogP contribution in [-0.2, 0) is 9.59 Å². The van der Waals surface area contributed by atoms with Crippen LogP contribution in [0.1, 0.15) is 6.42 Å². The summed E-state index contributed by atoms with van der Waals surface area (Å²) >= 11 is 0. The Kier molecular flexibility index (Phi) is 7.89. The van der Waals surface area contributed by atoms with Gasteiger partial charge in [0.2, 0.25) is 11.8 Å². The van der Waals surface area contributed by atoms with E-state index in [9.17, 15) is 9.59 Å². The molecule has 2 N–H and O–H groups in total. The SMILES string of the molecule is CN(C)CCNC(=O)CNC(=O)CCOc1ccccc1. The van der Waals surface area contributed by atoms with Crippen molar-refractivity contribution in [2.75, 3.05) is 40.3 Å². The molecule has 1 aromatic carbocycles. The Hall–Kier alpha value is -2.08. The Morgan fingerprint density at radius 1 is 1.10 bits per heavy atom. The number of carbonyl (C=O) groups excluding carboxylic acids is 2. The quantitative estimate of drug-likeness (QED) is 0.685. The predicted octanol–water partition coefficient (Wildman–Crippen LogP) is 0.250. The summed E-state index contributed by atoms with van der Waals surface area (Å²) < 4.78 is 5.41. The fourth-order valence-corrected chi connectivity index (χ4v) is 1.53. The third kappa shape index (κ3) is 8.65. The number of ether oxygens (including phenoxy) is 1. The standard InChI is InChI=1S/C15H23N3O3/c1-18(2)10-9-16-15(20)12-17-14(19)8-11-21-13-6-4-3-5-7-13/h3-7H,8-12H2,1-2H3,(H,16,20)(H,17,19). The lowest BCUT2D eigenvalue weighted by atomic mass is 10.3. The summed E-state index contributed by atoms with van der Waals surface area (Å²) in [6, 6.07) is 9.29. The maximum Gasteiger partial charge on any atom is 0.239 e. The van der Waals surface area contributed by atoms with E-state index in [-0.39, 0.29) is 31.4 Å². The molecule has 6 heteroatoms. The molecule has 1 rings (SSSR count). The molecule has 0 aliphatic heterocycles. The minimum atomic E-state index is -0.200. The van der Waals surface area contributed by atoms with Crippen molar-refractivity contribution in [2.24, 2.45) is 0 Å². The smallest absolute Gasteiger partial charge is 0.239 e. The second-order valence-corrected chi connectivity index (χ2v) is 4.84. The Labute approximate surface area is 125 Å². The number of nitrogens with one attached hydrogen (secondary N) is 2. The van der Waals surface area contributed by atoms with Crippen LogP contribution in [0.3, 0.4) is 0 Å². The lowest BCUT2D eigenvalue weighted by Crippen LogP contribution is -2.39. The third-order valence-electron chi connectivity index (χ3n) is 2.67. The second kappa shape index (κ2) is 9.77. The number of hydrogen-bond acceptors (Lipinski definition) is 4. The largest absolute Gasteiger partial charge is 0.493 e. The van der Waals surface area contributed by atoms with Crippen LogP contribution in [0.25, 0.3) is 0 Å². The number of carbonyl (C=O) groups is 2. The molecule has 21 heavy (non-hydrogen) atoms. The zero-order valence-electron chi connectivity index (χ0n) is 12.6. The molecule has 2 amide bonds. The van der Waals surface area contributed by atoms with E-state index in [2.05, 4.69) is 10.6 Å². The molecule has 0 bridgehead atoms. The average Bonchev–Trinajstić information content (AvgIpc) is 2.46. The highest BCUT2D eigenvalue weighted by atomic mass is 16.5. The van der Waals surface area contributed by atoms with Gasteiger partial charge in [0.1, 0.15) is 5.75 Å². The molecule has 0 fully saturated rings. The first-order chi connectivity index (χ1) is 10.1. The van der Waals surface area contributed by atoms with E-state index in [1.54, 1.807) is 0 Å². The first kappa shape index (κ1) is 17.0. The van der Waals surface area contributed by atoms with Crippen molar-refractivity contribution in [1.82, 2.24) is 15.5 Å². The van der Waals surface area contributed by atoms with Gasteiger partial charge in [-0.2, -0.15) is 0 Å². The summed E-state index contributed by atoms with van der Waals surface area (Å²) in [4.78, 5) is 25.0. The summed E-state index contributed by atoms with van der Waals surface area (Å²) in [5.41, 5.74) is 0. The van der Waals surface area contributed by atoms with Gasteiger partial charge >= 0.3 is 0 Å². The van der Waals surface area contributed by atoms with Crippen molar-refractivity contribution in [3.05, 3.63) is 30.3 Å². The number of rotatable bonds is 9. The van der Waals surface area contributed by atoms with Crippen LogP contribution in [0.2, 0.25) is 0 Å². The minimum Gasteiger partial charge on any atom is -0.493 e. The van der Waals surface area contributed by atoms with Gasteiger partial charge < -0.3 is 20.3 Å². The van der Waals surface area contributed by atoms with Crippen molar-refractivity contribution < 1.29 is 14.3 Å². The molecule has 0 radical (unpaired) electrons. The molecule has 0 saturated carbocycles. The number of benzene rings is 1. The van der Waals surface area contributed by atoms with Gasteiger partial charge in [-0.15, -0.1) is 0 Å². The molecule has 0 unspecified atom stereocenters. The van der Waals surface area contributed by atoms with E-state index < -0.39 is 0 Å². The van der Waals surface area contributed by atoms with Gasteiger partial charge in [-0.05, 0) is 26.2 Å². The fourth-order valence-electron chi connectivity index (χ4n) is 1.53. The van der Waals surface area contributed by atoms with E-state index in [1.807, 2.05) is 49.3 Å². The normalized spacial score (nSPS) is 10.2. The summed E-state index contributed by atoms with van der Waals surface area (Å²) in [6.07, 6.45) is 0.222. The number of hydrogen-bond donors (Lipinski definition) is 2. The van der Waals surface area contributed by atoms with Crippen molar-refractivity contribution in [2.45, 2.75) is 6.42 Å². The molecule has 0 spiro atoms. The molecule has 116 valence electrons. The summed E-state index contributed by atoms with van der Waals surface area (Å²) in [7, 11) is 3.86. The average molecular weight is 293 g/mol. The van der Waals surface area contributed by atoms with Crippen LogP contribution in [0.15, 0.2) is 30.3 Å². The molecule has 0 saturated heterocycles. The molecule has 1 aromatic rings. The summed E-state index contributed by atoms with van der Waals surface area (Å²) in [5, 5.41) is 5.29. The van der Waals surface area contributed by atoms with E-state index in [1.165, 1.54) is 0 Å². The fraction of sp³-hybridized carbons (Fsp3) is 0.467. The van der Waals surface area contributed by atoms with Crippen LogP contribution < -0.4 is 15.4 Å². The number of amides is 2. The van der Waals surface area contributed by atoms with Crippen molar-refractivity contribution in [3.63, 3.8) is 0 Å². The van der Waals surface area contributed by atoms with E-state index in [0.29, 0.717) is 6.54 Å². The van der Waals surface area contributed by atoms with Crippen LogP contribution in [-0.4, -0.2) is 57.1 Å². The van der Waals surface area contributed by atoms with Gasteiger partial charge in [0.25, 0.3) is 0 Å². The van der Waals surface area contributed by atoms with Crippen LogP contribution in [0.5, 0.6) is 5.75 Å². The molecule has 0 heterocycles. The molecule has 6 nitrogen and oxygen atoms in total. The van der Waals surface area contributed by atoms with E-state index in [4.69, 9.17) is 4.74 Å². The van der Waals surface area contributed by atoms with Crippen LogP contribution >= 0.6 is 0 Å².